The minimum atomic E-state index is -0.869. The van der Waals surface area contributed by atoms with Gasteiger partial charge in [-0.1, -0.05) is 23.1 Å². The molecule has 0 aliphatic heterocycles. The van der Waals surface area contributed by atoms with E-state index in [-0.39, 0.29) is 5.75 Å². The number of carboxylic acids is 1. The average molecular weight is 297 g/mol. The maximum atomic E-state index is 10.4. The van der Waals surface area contributed by atoms with Crippen molar-refractivity contribution < 1.29 is 9.90 Å². The monoisotopic (exact) mass is 297 g/mol. The molecule has 7 nitrogen and oxygen atoms in total. The Kier molecular flexibility index (Phi) is 4.63. The Balaban J connectivity index is 1.88. The largest absolute Gasteiger partial charge is 0.481 e. The summed E-state index contributed by atoms with van der Waals surface area (Å²) in [5, 5.41) is 20.1. The van der Waals surface area contributed by atoms with Crippen LogP contribution in [0.25, 0.3) is 0 Å². The Labute approximate surface area is 117 Å². The van der Waals surface area contributed by atoms with Gasteiger partial charge in [-0.3, -0.25) is 4.79 Å². The van der Waals surface area contributed by atoms with E-state index in [1.54, 1.807) is 6.20 Å². The van der Waals surface area contributed by atoms with Crippen LogP contribution in [-0.4, -0.2) is 37.0 Å². The molecular formula is C10H11N5O2S2. The van der Waals surface area contributed by atoms with Crippen molar-refractivity contribution in [3.8, 4) is 0 Å². The third kappa shape index (κ3) is 4.45. The number of thioether (sulfide) groups is 1. The molecule has 0 fully saturated rings. The van der Waals surface area contributed by atoms with Crippen LogP contribution in [0.4, 0.5) is 5.13 Å². The Morgan fingerprint density at radius 2 is 2.37 bits per heavy atom. The summed E-state index contributed by atoms with van der Waals surface area (Å²) in [6.45, 7) is 2.36. The van der Waals surface area contributed by atoms with E-state index < -0.39 is 5.97 Å². The SMILES string of the molecule is Cc1nccc(CNc2nnc(SCC(=O)O)s2)n1. The van der Waals surface area contributed by atoms with E-state index in [4.69, 9.17) is 5.11 Å². The van der Waals surface area contributed by atoms with Gasteiger partial charge in [0.1, 0.15) is 5.82 Å². The van der Waals surface area contributed by atoms with Gasteiger partial charge in [-0.2, -0.15) is 0 Å². The molecule has 0 spiro atoms. The average Bonchev–Trinajstić information content (AvgIpc) is 2.82. The second-order valence-electron chi connectivity index (χ2n) is 3.50. The lowest BCUT2D eigenvalue weighted by Gasteiger charge is -2.01. The Hall–Kier alpha value is -1.74. The molecule has 2 aromatic rings. The molecule has 19 heavy (non-hydrogen) atoms. The number of nitrogens with zero attached hydrogens (tertiary/aromatic N) is 4. The number of carboxylic acid groups (broad SMARTS) is 1. The molecule has 0 atom stereocenters. The molecule has 0 saturated heterocycles. The van der Waals surface area contributed by atoms with Crippen molar-refractivity contribution in [2.45, 2.75) is 17.8 Å². The molecule has 0 aliphatic carbocycles. The third-order valence-corrected chi connectivity index (χ3v) is 3.98. The normalized spacial score (nSPS) is 10.4. The van der Waals surface area contributed by atoms with Crippen molar-refractivity contribution in [1.29, 1.82) is 0 Å². The summed E-state index contributed by atoms with van der Waals surface area (Å²) in [6.07, 6.45) is 1.70. The highest BCUT2D eigenvalue weighted by Gasteiger charge is 2.07. The molecule has 2 aromatic heterocycles. The Morgan fingerprint density at radius 1 is 1.53 bits per heavy atom. The molecule has 2 N–H and O–H groups in total. The fraction of sp³-hybridized carbons (Fsp3) is 0.300. The van der Waals surface area contributed by atoms with Crippen molar-refractivity contribution in [2.24, 2.45) is 0 Å². The zero-order valence-corrected chi connectivity index (χ0v) is 11.7. The molecule has 0 aliphatic rings. The molecule has 2 rings (SSSR count). The van der Waals surface area contributed by atoms with E-state index in [0.29, 0.717) is 21.8 Å². The molecule has 0 amide bonds. The zero-order chi connectivity index (χ0) is 13.7. The van der Waals surface area contributed by atoms with Gasteiger partial charge >= 0.3 is 5.97 Å². The van der Waals surface area contributed by atoms with Gasteiger partial charge < -0.3 is 10.4 Å². The van der Waals surface area contributed by atoms with Gasteiger partial charge in [0.25, 0.3) is 0 Å². The van der Waals surface area contributed by atoms with Gasteiger partial charge in [0, 0.05) is 6.20 Å². The number of aliphatic carboxylic acids is 1. The summed E-state index contributed by atoms with van der Waals surface area (Å²) in [4.78, 5) is 18.7. The number of hydrogen-bond acceptors (Lipinski definition) is 8. The predicted octanol–water partition coefficient (Wildman–Crippen LogP) is 1.43. The fourth-order valence-corrected chi connectivity index (χ4v) is 2.70. The number of hydrogen-bond donors (Lipinski definition) is 2. The van der Waals surface area contributed by atoms with Gasteiger partial charge in [0.05, 0.1) is 18.0 Å². The smallest absolute Gasteiger partial charge is 0.313 e. The highest BCUT2D eigenvalue weighted by molar-refractivity contribution is 8.01. The molecule has 100 valence electrons. The highest BCUT2D eigenvalue weighted by Crippen LogP contribution is 2.25. The number of anilines is 1. The third-order valence-electron chi connectivity index (χ3n) is 1.98. The van der Waals surface area contributed by atoms with Crippen molar-refractivity contribution >= 4 is 34.2 Å². The van der Waals surface area contributed by atoms with Crippen LogP contribution in [0.1, 0.15) is 11.5 Å². The topological polar surface area (TPSA) is 101 Å². The second kappa shape index (κ2) is 6.43. The molecule has 0 saturated carbocycles. The minimum Gasteiger partial charge on any atom is -0.481 e. The molecule has 0 radical (unpaired) electrons. The van der Waals surface area contributed by atoms with Crippen LogP contribution in [0.5, 0.6) is 0 Å². The molecule has 0 unspecified atom stereocenters. The summed E-state index contributed by atoms with van der Waals surface area (Å²) in [6, 6.07) is 1.82. The first-order valence-electron chi connectivity index (χ1n) is 5.34. The quantitative estimate of drug-likeness (QED) is 0.772. The lowest BCUT2D eigenvalue weighted by molar-refractivity contribution is -0.133. The van der Waals surface area contributed by atoms with Gasteiger partial charge in [-0.15, -0.1) is 10.2 Å². The van der Waals surface area contributed by atoms with E-state index in [0.717, 1.165) is 17.5 Å². The standard InChI is InChI=1S/C10H11N5O2S2/c1-6-11-3-2-7(13-6)4-12-9-14-15-10(19-9)18-5-8(16)17/h2-3H,4-5H2,1H3,(H,12,14)(H,16,17). The fourth-order valence-electron chi connectivity index (χ4n) is 1.23. The summed E-state index contributed by atoms with van der Waals surface area (Å²) in [7, 11) is 0. The Bertz CT molecular complexity index is 575. The summed E-state index contributed by atoms with van der Waals surface area (Å²) >= 11 is 2.47. The summed E-state index contributed by atoms with van der Waals surface area (Å²) < 4.78 is 0.628. The first kappa shape index (κ1) is 13.7. The zero-order valence-electron chi connectivity index (χ0n) is 10.0. The number of aryl methyl sites for hydroxylation is 1. The maximum Gasteiger partial charge on any atom is 0.313 e. The molecule has 2 heterocycles. The van der Waals surface area contributed by atoms with Crippen LogP contribution >= 0.6 is 23.1 Å². The number of carbonyl (C=O) groups is 1. The first-order valence-corrected chi connectivity index (χ1v) is 7.14. The van der Waals surface area contributed by atoms with Crippen LogP contribution in [0.3, 0.4) is 0 Å². The molecule has 9 heteroatoms. The van der Waals surface area contributed by atoms with Crippen molar-refractivity contribution in [3.05, 3.63) is 23.8 Å². The molecule has 0 aromatic carbocycles. The lowest BCUT2D eigenvalue weighted by Crippen LogP contribution is -2.02. The van der Waals surface area contributed by atoms with Crippen molar-refractivity contribution in [3.63, 3.8) is 0 Å². The predicted molar refractivity (Wildman–Crippen MR) is 72.4 cm³/mol. The van der Waals surface area contributed by atoms with E-state index in [1.807, 2.05) is 13.0 Å². The van der Waals surface area contributed by atoms with E-state index >= 15 is 0 Å². The molecular weight excluding hydrogens is 286 g/mol. The van der Waals surface area contributed by atoms with Crippen LogP contribution < -0.4 is 5.32 Å². The van der Waals surface area contributed by atoms with Gasteiger partial charge in [-0.05, 0) is 13.0 Å². The van der Waals surface area contributed by atoms with Crippen molar-refractivity contribution in [1.82, 2.24) is 20.2 Å². The van der Waals surface area contributed by atoms with Crippen LogP contribution in [0.15, 0.2) is 16.6 Å². The van der Waals surface area contributed by atoms with E-state index in [9.17, 15) is 4.79 Å². The van der Waals surface area contributed by atoms with E-state index in [2.05, 4.69) is 25.5 Å². The summed E-state index contributed by atoms with van der Waals surface area (Å²) in [5.74, 6) is -0.167. The van der Waals surface area contributed by atoms with Gasteiger partial charge in [0.2, 0.25) is 5.13 Å². The number of rotatable bonds is 6. The van der Waals surface area contributed by atoms with Crippen LogP contribution in [0, 0.1) is 6.92 Å². The van der Waals surface area contributed by atoms with E-state index in [1.165, 1.54) is 11.3 Å². The van der Waals surface area contributed by atoms with Crippen molar-refractivity contribution in [2.75, 3.05) is 11.1 Å². The Morgan fingerprint density at radius 3 is 3.11 bits per heavy atom. The van der Waals surface area contributed by atoms with Crippen LogP contribution in [-0.2, 0) is 11.3 Å². The van der Waals surface area contributed by atoms with Gasteiger partial charge in [0.15, 0.2) is 4.34 Å². The number of nitrogens with one attached hydrogen (secondary N) is 1. The van der Waals surface area contributed by atoms with Crippen LogP contribution in [0.2, 0.25) is 0 Å². The minimum absolute atomic E-state index is 0.0141. The maximum absolute atomic E-state index is 10.4. The lowest BCUT2D eigenvalue weighted by atomic mass is 10.4. The highest BCUT2D eigenvalue weighted by atomic mass is 32.2. The number of aromatic nitrogens is 4. The first-order chi connectivity index (χ1) is 9.13. The molecule has 0 bridgehead atoms. The second-order valence-corrected chi connectivity index (χ2v) is 5.70. The summed E-state index contributed by atoms with van der Waals surface area (Å²) in [5.41, 5.74) is 0.863. The van der Waals surface area contributed by atoms with Gasteiger partial charge in [-0.25, -0.2) is 9.97 Å².